The minimum Gasteiger partial charge on any atom is -0.377 e. The first kappa shape index (κ1) is 12.9. The predicted octanol–water partition coefficient (Wildman–Crippen LogP) is 2.86. The molecule has 1 atom stereocenters. The van der Waals surface area contributed by atoms with Gasteiger partial charge in [0.25, 0.3) is 0 Å². The predicted molar refractivity (Wildman–Crippen MR) is 77.9 cm³/mol. The fourth-order valence-corrected chi connectivity index (χ4v) is 3.24. The normalized spacial score (nSPS) is 23.1. The summed E-state index contributed by atoms with van der Waals surface area (Å²) in [6.07, 6.45) is 3.70. The number of carbonyl (C=O) groups is 1. The third-order valence-corrected chi connectivity index (χ3v) is 4.47. The SMILES string of the molecule is O=C1CC(c2cc(C3=CCOCC3)ccc2Br)CN1. The van der Waals surface area contributed by atoms with Crippen LogP contribution in [0.2, 0.25) is 0 Å². The third kappa shape index (κ3) is 2.74. The van der Waals surface area contributed by atoms with Crippen LogP contribution in [0, 0.1) is 0 Å². The summed E-state index contributed by atoms with van der Waals surface area (Å²) < 4.78 is 6.44. The van der Waals surface area contributed by atoms with Crippen molar-refractivity contribution in [2.75, 3.05) is 19.8 Å². The van der Waals surface area contributed by atoms with E-state index in [0.29, 0.717) is 13.0 Å². The molecule has 2 aliphatic rings. The Kier molecular flexibility index (Phi) is 3.71. The molecule has 0 saturated carbocycles. The van der Waals surface area contributed by atoms with Crippen molar-refractivity contribution in [1.82, 2.24) is 5.32 Å². The standard InChI is InChI=1S/C15H16BrNO2/c16-14-2-1-11(10-3-5-19-6-4-10)7-13(14)12-8-15(18)17-9-12/h1-3,7,12H,4-6,8-9H2,(H,17,18). The van der Waals surface area contributed by atoms with Crippen LogP contribution < -0.4 is 5.32 Å². The van der Waals surface area contributed by atoms with Crippen molar-refractivity contribution in [1.29, 1.82) is 0 Å². The number of ether oxygens (including phenoxy) is 1. The molecular formula is C15H16BrNO2. The van der Waals surface area contributed by atoms with Crippen LogP contribution in [0.1, 0.15) is 29.9 Å². The Balaban J connectivity index is 1.91. The zero-order valence-corrected chi connectivity index (χ0v) is 12.2. The summed E-state index contributed by atoms with van der Waals surface area (Å²) in [6.45, 7) is 2.23. The van der Waals surface area contributed by atoms with Crippen molar-refractivity contribution in [2.45, 2.75) is 18.8 Å². The Morgan fingerprint density at radius 2 is 2.26 bits per heavy atom. The summed E-state index contributed by atoms with van der Waals surface area (Å²) in [5.74, 6) is 0.426. The maximum atomic E-state index is 11.4. The average Bonchev–Trinajstić information content (AvgIpc) is 2.87. The van der Waals surface area contributed by atoms with Crippen molar-refractivity contribution in [3.63, 3.8) is 0 Å². The van der Waals surface area contributed by atoms with Gasteiger partial charge in [-0.2, -0.15) is 0 Å². The summed E-state index contributed by atoms with van der Waals surface area (Å²) in [5.41, 5.74) is 3.82. The van der Waals surface area contributed by atoms with Crippen LogP contribution in [0.3, 0.4) is 0 Å². The van der Waals surface area contributed by atoms with Crippen LogP contribution in [0.15, 0.2) is 28.7 Å². The first-order chi connectivity index (χ1) is 9.24. The maximum Gasteiger partial charge on any atom is 0.220 e. The van der Waals surface area contributed by atoms with Gasteiger partial charge < -0.3 is 10.1 Å². The summed E-state index contributed by atoms with van der Waals surface area (Å²) in [6, 6.07) is 6.44. The highest BCUT2D eigenvalue weighted by atomic mass is 79.9. The first-order valence-corrected chi connectivity index (χ1v) is 7.36. The fourth-order valence-electron chi connectivity index (χ4n) is 2.67. The minimum absolute atomic E-state index is 0.146. The molecule has 1 aromatic carbocycles. The highest BCUT2D eigenvalue weighted by Crippen LogP contribution is 2.33. The molecule has 100 valence electrons. The van der Waals surface area contributed by atoms with E-state index >= 15 is 0 Å². The van der Waals surface area contributed by atoms with Gasteiger partial charge in [-0.05, 0) is 29.2 Å². The number of carbonyl (C=O) groups excluding carboxylic acids is 1. The Bertz CT molecular complexity index is 539. The van der Waals surface area contributed by atoms with Crippen LogP contribution in [0.4, 0.5) is 0 Å². The number of hydrogen-bond donors (Lipinski definition) is 1. The highest BCUT2D eigenvalue weighted by Gasteiger charge is 2.25. The third-order valence-electron chi connectivity index (χ3n) is 3.75. The maximum absolute atomic E-state index is 11.4. The molecule has 2 aliphatic heterocycles. The molecule has 0 aliphatic carbocycles. The van der Waals surface area contributed by atoms with Gasteiger partial charge in [-0.25, -0.2) is 0 Å². The van der Waals surface area contributed by atoms with Crippen LogP contribution in [-0.4, -0.2) is 25.7 Å². The van der Waals surface area contributed by atoms with E-state index in [1.165, 1.54) is 16.7 Å². The Hall–Kier alpha value is -1.13. The molecule has 0 radical (unpaired) electrons. The highest BCUT2D eigenvalue weighted by molar-refractivity contribution is 9.10. The summed E-state index contributed by atoms with van der Waals surface area (Å²) >= 11 is 3.60. The van der Waals surface area contributed by atoms with Crippen LogP contribution in [0.5, 0.6) is 0 Å². The molecule has 1 unspecified atom stereocenters. The van der Waals surface area contributed by atoms with Crippen LogP contribution in [0.25, 0.3) is 5.57 Å². The number of nitrogens with one attached hydrogen (secondary N) is 1. The van der Waals surface area contributed by atoms with Crippen LogP contribution in [-0.2, 0) is 9.53 Å². The first-order valence-electron chi connectivity index (χ1n) is 6.57. The fraction of sp³-hybridized carbons (Fsp3) is 0.400. The number of benzene rings is 1. The molecule has 4 heteroatoms. The van der Waals surface area contributed by atoms with E-state index in [1.54, 1.807) is 0 Å². The lowest BCUT2D eigenvalue weighted by molar-refractivity contribution is -0.119. The van der Waals surface area contributed by atoms with Gasteiger partial charge in [-0.1, -0.05) is 34.1 Å². The second-order valence-corrected chi connectivity index (χ2v) is 5.85. The van der Waals surface area contributed by atoms with E-state index in [4.69, 9.17) is 4.74 Å². The van der Waals surface area contributed by atoms with E-state index < -0.39 is 0 Å². The second-order valence-electron chi connectivity index (χ2n) is 5.00. The lowest BCUT2D eigenvalue weighted by Crippen LogP contribution is -2.13. The molecule has 19 heavy (non-hydrogen) atoms. The molecule has 1 amide bonds. The van der Waals surface area contributed by atoms with Gasteiger partial charge in [-0.15, -0.1) is 0 Å². The van der Waals surface area contributed by atoms with Crippen molar-refractivity contribution < 1.29 is 9.53 Å². The van der Waals surface area contributed by atoms with Gasteiger partial charge in [0.05, 0.1) is 13.2 Å². The van der Waals surface area contributed by atoms with E-state index in [-0.39, 0.29) is 11.8 Å². The average molecular weight is 322 g/mol. The van der Waals surface area contributed by atoms with Gasteiger partial charge >= 0.3 is 0 Å². The van der Waals surface area contributed by atoms with Gasteiger partial charge in [0.15, 0.2) is 0 Å². The monoisotopic (exact) mass is 321 g/mol. The molecule has 1 fully saturated rings. The summed E-state index contributed by atoms with van der Waals surface area (Å²) in [7, 11) is 0. The molecule has 0 aromatic heterocycles. The second kappa shape index (κ2) is 5.47. The van der Waals surface area contributed by atoms with Gasteiger partial charge in [0, 0.05) is 23.4 Å². The Morgan fingerprint density at radius 3 is 2.95 bits per heavy atom. The van der Waals surface area contributed by atoms with Gasteiger partial charge in [0.1, 0.15) is 0 Å². The minimum atomic E-state index is 0.146. The van der Waals surface area contributed by atoms with Gasteiger partial charge in [-0.3, -0.25) is 4.79 Å². The van der Waals surface area contributed by atoms with Crippen molar-refractivity contribution >= 4 is 27.4 Å². The van der Waals surface area contributed by atoms with E-state index in [2.05, 4.69) is 45.5 Å². The lowest BCUT2D eigenvalue weighted by atomic mass is 9.93. The molecule has 2 heterocycles. The zero-order valence-electron chi connectivity index (χ0n) is 10.6. The van der Waals surface area contributed by atoms with E-state index in [0.717, 1.165) is 24.0 Å². The number of halogens is 1. The quantitative estimate of drug-likeness (QED) is 0.909. The van der Waals surface area contributed by atoms with Crippen molar-refractivity contribution in [2.24, 2.45) is 0 Å². The molecular weight excluding hydrogens is 306 g/mol. The Labute approximate surface area is 121 Å². The molecule has 1 saturated heterocycles. The molecule has 0 bridgehead atoms. The van der Waals surface area contributed by atoms with Crippen LogP contribution >= 0.6 is 15.9 Å². The summed E-state index contributed by atoms with van der Waals surface area (Å²) in [4.78, 5) is 11.4. The van der Waals surface area contributed by atoms with E-state index in [9.17, 15) is 4.79 Å². The number of hydrogen-bond acceptors (Lipinski definition) is 2. The van der Waals surface area contributed by atoms with E-state index in [1.807, 2.05) is 0 Å². The molecule has 3 nitrogen and oxygen atoms in total. The molecule has 3 rings (SSSR count). The number of rotatable bonds is 2. The zero-order chi connectivity index (χ0) is 13.2. The van der Waals surface area contributed by atoms with Crippen molar-refractivity contribution in [3.05, 3.63) is 39.9 Å². The largest absolute Gasteiger partial charge is 0.377 e. The molecule has 1 aromatic rings. The Morgan fingerprint density at radius 1 is 1.37 bits per heavy atom. The van der Waals surface area contributed by atoms with Crippen molar-refractivity contribution in [3.8, 4) is 0 Å². The topological polar surface area (TPSA) is 38.3 Å². The number of amides is 1. The lowest BCUT2D eigenvalue weighted by Gasteiger charge is -2.17. The smallest absolute Gasteiger partial charge is 0.220 e. The van der Waals surface area contributed by atoms with Gasteiger partial charge in [0.2, 0.25) is 5.91 Å². The molecule has 1 N–H and O–H groups in total. The molecule has 0 spiro atoms. The summed E-state index contributed by atoms with van der Waals surface area (Å²) in [5, 5.41) is 2.90.